The first-order valence-electron chi connectivity index (χ1n) is 11.8. The van der Waals surface area contributed by atoms with Crippen LogP contribution in [0.15, 0.2) is 59.7 Å². The number of morpholine rings is 2. The van der Waals surface area contributed by atoms with Crippen LogP contribution in [0.1, 0.15) is 11.1 Å². The first kappa shape index (κ1) is 23.0. The van der Waals surface area contributed by atoms with Gasteiger partial charge in [-0.05, 0) is 23.3 Å². The molecule has 1 N–H and O–H groups in total. The molecule has 182 valence electrons. The third-order valence-electron chi connectivity index (χ3n) is 5.68. The molecule has 10 nitrogen and oxygen atoms in total. The fraction of sp³-hybridized carbons (Fsp3) is 0.360. The van der Waals surface area contributed by atoms with Crippen molar-refractivity contribution in [3.05, 3.63) is 65.7 Å². The van der Waals surface area contributed by atoms with Gasteiger partial charge in [0, 0.05) is 26.2 Å². The molecule has 5 rings (SSSR count). The Kier molecular flexibility index (Phi) is 7.61. The molecule has 0 saturated carbocycles. The zero-order valence-corrected chi connectivity index (χ0v) is 19.5. The van der Waals surface area contributed by atoms with Gasteiger partial charge in [0.15, 0.2) is 0 Å². The highest BCUT2D eigenvalue weighted by Gasteiger charge is 2.20. The number of aromatic nitrogens is 3. The van der Waals surface area contributed by atoms with Gasteiger partial charge in [0.1, 0.15) is 12.4 Å². The van der Waals surface area contributed by atoms with E-state index in [2.05, 4.69) is 30.3 Å². The number of nitrogens with zero attached hydrogens (tertiary/aromatic N) is 6. The molecule has 0 radical (unpaired) electrons. The van der Waals surface area contributed by atoms with Crippen LogP contribution >= 0.6 is 0 Å². The van der Waals surface area contributed by atoms with Crippen LogP contribution in [-0.2, 0) is 16.1 Å². The second-order valence-corrected chi connectivity index (χ2v) is 8.17. The minimum Gasteiger partial charge on any atom is -0.489 e. The Labute approximate surface area is 204 Å². The van der Waals surface area contributed by atoms with Crippen LogP contribution in [0.25, 0.3) is 0 Å². The average Bonchev–Trinajstić information content (AvgIpc) is 2.94. The van der Waals surface area contributed by atoms with Crippen molar-refractivity contribution in [2.75, 3.05) is 67.8 Å². The van der Waals surface area contributed by atoms with Gasteiger partial charge in [-0.15, -0.1) is 0 Å². The molecule has 3 aromatic rings. The van der Waals surface area contributed by atoms with Gasteiger partial charge in [-0.25, -0.2) is 5.43 Å². The van der Waals surface area contributed by atoms with Crippen molar-refractivity contribution in [1.82, 2.24) is 15.0 Å². The van der Waals surface area contributed by atoms with Crippen LogP contribution < -0.4 is 20.0 Å². The standard InChI is InChI=1S/C25H29N7O3/c1-2-5-20(6-3-1)19-35-22-8-4-7-21(17-22)18-26-30-23-27-24(31-9-13-33-14-10-31)29-25(28-23)32-11-15-34-16-12-32/h1-8,17-18H,9-16,19H2,(H,27,28,29,30). The minimum atomic E-state index is 0.399. The number of benzene rings is 2. The SMILES string of the molecule is C(=NNc1nc(N2CCOCC2)nc(N2CCOCC2)n1)c1cccc(OCc2ccccc2)c1. The van der Waals surface area contributed by atoms with E-state index in [1.807, 2.05) is 54.6 Å². The minimum absolute atomic E-state index is 0.399. The largest absolute Gasteiger partial charge is 0.489 e. The van der Waals surface area contributed by atoms with Crippen molar-refractivity contribution < 1.29 is 14.2 Å². The second kappa shape index (κ2) is 11.6. The van der Waals surface area contributed by atoms with Gasteiger partial charge in [-0.1, -0.05) is 42.5 Å². The lowest BCUT2D eigenvalue weighted by atomic mass is 10.2. The Morgan fingerprint density at radius 1 is 0.829 bits per heavy atom. The zero-order valence-electron chi connectivity index (χ0n) is 19.5. The van der Waals surface area contributed by atoms with Crippen molar-refractivity contribution in [1.29, 1.82) is 0 Å². The Bertz CT molecular complexity index is 1080. The van der Waals surface area contributed by atoms with Crippen LogP contribution in [0.3, 0.4) is 0 Å². The zero-order chi connectivity index (χ0) is 23.7. The summed E-state index contributed by atoms with van der Waals surface area (Å²) in [6.07, 6.45) is 1.72. The molecule has 0 unspecified atom stereocenters. The number of rotatable bonds is 8. The summed E-state index contributed by atoms with van der Waals surface area (Å²) >= 11 is 0. The summed E-state index contributed by atoms with van der Waals surface area (Å²) in [5.74, 6) is 2.43. The van der Waals surface area contributed by atoms with Gasteiger partial charge in [0.2, 0.25) is 17.8 Å². The van der Waals surface area contributed by atoms with Crippen molar-refractivity contribution in [3.63, 3.8) is 0 Å². The topological polar surface area (TPSA) is 97.2 Å². The van der Waals surface area contributed by atoms with Crippen molar-refractivity contribution in [2.24, 2.45) is 5.10 Å². The van der Waals surface area contributed by atoms with Gasteiger partial charge in [0.05, 0.1) is 32.6 Å². The number of nitrogens with one attached hydrogen (secondary N) is 1. The molecule has 2 fully saturated rings. The van der Waals surface area contributed by atoms with Crippen molar-refractivity contribution in [3.8, 4) is 5.75 Å². The summed E-state index contributed by atoms with van der Waals surface area (Å²) in [7, 11) is 0. The lowest BCUT2D eigenvalue weighted by molar-refractivity contribution is 0.121. The van der Waals surface area contributed by atoms with E-state index in [4.69, 9.17) is 19.2 Å². The van der Waals surface area contributed by atoms with Crippen LogP contribution in [-0.4, -0.2) is 73.8 Å². The molecule has 1 aromatic heterocycles. The molecule has 35 heavy (non-hydrogen) atoms. The predicted octanol–water partition coefficient (Wildman–Crippen LogP) is 2.57. The smallest absolute Gasteiger partial charge is 0.250 e. The molecule has 2 aliphatic heterocycles. The maximum absolute atomic E-state index is 5.92. The molecule has 0 spiro atoms. The maximum atomic E-state index is 5.92. The molecular weight excluding hydrogens is 446 g/mol. The highest BCUT2D eigenvalue weighted by atomic mass is 16.5. The Balaban J connectivity index is 1.27. The van der Waals surface area contributed by atoms with E-state index in [9.17, 15) is 0 Å². The molecule has 2 aliphatic rings. The fourth-order valence-corrected chi connectivity index (χ4v) is 3.80. The van der Waals surface area contributed by atoms with Gasteiger partial charge in [0.25, 0.3) is 0 Å². The summed E-state index contributed by atoms with van der Waals surface area (Å²) < 4.78 is 16.9. The second-order valence-electron chi connectivity index (χ2n) is 8.17. The van der Waals surface area contributed by atoms with Gasteiger partial charge < -0.3 is 24.0 Å². The summed E-state index contributed by atoms with van der Waals surface area (Å²) in [5.41, 5.74) is 5.00. The Morgan fingerprint density at radius 2 is 1.49 bits per heavy atom. The van der Waals surface area contributed by atoms with E-state index in [0.29, 0.717) is 50.9 Å². The van der Waals surface area contributed by atoms with E-state index in [-0.39, 0.29) is 0 Å². The molecule has 0 aliphatic carbocycles. The average molecular weight is 476 g/mol. The molecular formula is C25H29N7O3. The molecule has 0 atom stereocenters. The maximum Gasteiger partial charge on any atom is 0.250 e. The summed E-state index contributed by atoms with van der Waals surface area (Å²) in [6.45, 7) is 6.10. The first-order valence-corrected chi connectivity index (χ1v) is 11.8. The predicted molar refractivity (Wildman–Crippen MR) is 134 cm³/mol. The molecule has 0 bridgehead atoms. The van der Waals surface area contributed by atoms with E-state index in [1.54, 1.807) is 6.21 Å². The molecule has 3 heterocycles. The van der Waals surface area contributed by atoms with E-state index in [1.165, 1.54) is 0 Å². The number of hydrazone groups is 1. The first-order chi connectivity index (χ1) is 17.3. The summed E-state index contributed by atoms with van der Waals surface area (Å²) in [6, 6.07) is 17.9. The monoisotopic (exact) mass is 475 g/mol. The third kappa shape index (κ3) is 6.43. The normalized spacial score (nSPS) is 16.5. The molecule has 2 aromatic carbocycles. The van der Waals surface area contributed by atoms with Crippen LogP contribution in [0.4, 0.5) is 17.8 Å². The molecule has 10 heteroatoms. The van der Waals surface area contributed by atoms with Gasteiger partial charge in [-0.3, -0.25) is 0 Å². The molecule has 2 saturated heterocycles. The number of hydrogen-bond acceptors (Lipinski definition) is 10. The summed E-state index contributed by atoms with van der Waals surface area (Å²) in [5, 5.41) is 4.37. The van der Waals surface area contributed by atoms with Gasteiger partial charge in [-0.2, -0.15) is 20.1 Å². The van der Waals surface area contributed by atoms with Gasteiger partial charge >= 0.3 is 0 Å². The van der Waals surface area contributed by atoms with E-state index >= 15 is 0 Å². The fourth-order valence-electron chi connectivity index (χ4n) is 3.80. The Morgan fingerprint density at radius 3 is 2.14 bits per heavy atom. The van der Waals surface area contributed by atoms with E-state index in [0.717, 1.165) is 43.1 Å². The lowest BCUT2D eigenvalue weighted by Gasteiger charge is -2.30. The number of anilines is 3. The molecule has 0 amide bonds. The number of hydrogen-bond donors (Lipinski definition) is 1. The summed E-state index contributed by atoms with van der Waals surface area (Å²) in [4.78, 5) is 18.1. The Hall–Kier alpha value is -3.76. The highest BCUT2D eigenvalue weighted by molar-refractivity contribution is 5.80. The van der Waals surface area contributed by atoms with Crippen LogP contribution in [0, 0.1) is 0 Å². The van der Waals surface area contributed by atoms with E-state index < -0.39 is 0 Å². The quantitative estimate of drug-likeness (QED) is 0.389. The van der Waals surface area contributed by atoms with Crippen molar-refractivity contribution >= 4 is 24.1 Å². The number of ether oxygens (including phenoxy) is 3. The van der Waals surface area contributed by atoms with Crippen LogP contribution in [0.2, 0.25) is 0 Å². The highest BCUT2D eigenvalue weighted by Crippen LogP contribution is 2.19. The van der Waals surface area contributed by atoms with Crippen molar-refractivity contribution in [2.45, 2.75) is 6.61 Å². The third-order valence-corrected chi connectivity index (χ3v) is 5.68. The lowest BCUT2D eigenvalue weighted by Crippen LogP contribution is -2.40. The van der Waals surface area contributed by atoms with Crippen LogP contribution in [0.5, 0.6) is 5.75 Å².